The number of carbonyl (C=O) groups is 2. The van der Waals surface area contributed by atoms with Crippen LogP contribution in [0.2, 0.25) is 0 Å². The summed E-state index contributed by atoms with van der Waals surface area (Å²) in [5.41, 5.74) is 1.29. The van der Waals surface area contributed by atoms with Crippen LogP contribution in [0.4, 0.5) is 13.2 Å². The fraction of sp³-hybridized carbons (Fsp3) is 0.733. The molecule has 22 heavy (non-hydrogen) atoms. The number of nitrogens with one attached hydrogen (secondary N) is 1. The lowest BCUT2D eigenvalue weighted by atomic mass is 9.97. The number of amides is 2. The van der Waals surface area contributed by atoms with E-state index in [1.54, 1.807) is 0 Å². The number of hydrogen-bond donors (Lipinski definition) is 1. The second kappa shape index (κ2) is 7.15. The number of alkyl halides is 3. The molecule has 0 spiro atoms. The first-order valence-corrected chi connectivity index (χ1v) is 7.73. The smallest absolute Gasteiger partial charge is 0.354 e. The van der Waals surface area contributed by atoms with Gasteiger partial charge in [0.05, 0.1) is 0 Å². The van der Waals surface area contributed by atoms with Crippen molar-refractivity contribution in [2.75, 3.05) is 13.1 Å². The molecule has 1 saturated heterocycles. The minimum atomic E-state index is -4.92. The Balaban J connectivity index is 1.83. The molecule has 0 saturated carbocycles. The van der Waals surface area contributed by atoms with Gasteiger partial charge in [-0.1, -0.05) is 11.6 Å². The molecule has 2 aliphatic rings. The molecule has 2 rings (SSSR count). The summed E-state index contributed by atoms with van der Waals surface area (Å²) in [5.74, 6) is -2.40. The largest absolute Gasteiger partial charge is 0.471 e. The number of carbonyl (C=O) groups excluding carboxylic acids is 2. The van der Waals surface area contributed by atoms with Crippen LogP contribution in [0.1, 0.15) is 44.9 Å². The Bertz CT molecular complexity index is 460. The summed E-state index contributed by atoms with van der Waals surface area (Å²) >= 11 is 0. The Labute approximate surface area is 127 Å². The summed E-state index contributed by atoms with van der Waals surface area (Å²) < 4.78 is 37.5. The molecule has 1 N–H and O–H groups in total. The maximum atomic E-state index is 12.5. The Morgan fingerprint density at radius 1 is 1.27 bits per heavy atom. The van der Waals surface area contributed by atoms with E-state index in [1.165, 1.54) is 12.0 Å². The number of nitrogens with zero attached hydrogens (tertiary/aromatic N) is 1. The van der Waals surface area contributed by atoms with Crippen molar-refractivity contribution in [2.45, 2.75) is 57.2 Å². The molecule has 0 radical (unpaired) electrons. The second-order valence-corrected chi connectivity index (χ2v) is 5.80. The van der Waals surface area contributed by atoms with Gasteiger partial charge in [-0.2, -0.15) is 13.2 Å². The average Bonchev–Trinajstić information content (AvgIpc) is 2.95. The summed E-state index contributed by atoms with van der Waals surface area (Å²) in [5, 5.41) is 2.67. The molecule has 2 amide bonds. The molecule has 1 aliphatic heterocycles. The second-order valence-electron chi connectivity index (χ2n) is 5.80. The van der Waals surface area contributed by atoms with E-state index in [-0.39, 0.29) is 13.0 Å². The number of allylic oxidation sites excluding steroid dienone is 1. The lowest BCUT2D eigenvalue weighted by Gasteiger charge is -2.24. The van der Waals surface area contributed by atoms with Crippen LogP contribution >= 0.6 is 0 Å². The molecule has 1 fully saturated rings. The molecule has 1 unspecified atom stereocenters. The van der Waals surface area contributed by atoms with Gasteiger partial charge in [-0.25, -0.2) is 0 Å². The van der Waals surface area contributed by atoms with Crippen molar-refractivity contribution >= 4 is 11.8 Å². The first-order valence-electron chi connectivity index (χ1n) is 7.73. The Morgan fingerprint density at radius 3 is 2.68 bits per heavy atom. The van der Waals surface area contributed by atoms with Gasteiger partial charge < -0.3 is 10.2 Å². The minimum absolute atomic E-state index is 0.0123. The first kappa shape index (κ1) is 16.8. The predicted octanol–water partition coefficient (Wildman–Crippen LogP) is 2.55. The van der Waals surface area contributed by atoms with Gasteiger partial charge >= 0.3 is 12.1 Å². The third kappa shape index (κ3) is 4.24. The summed E-state index contributed by atoms with van der Waals surface area (Å²) in [6.45, 7) is 0.400. The molecule has 0 aromatic carbocycles. The van der Waals surface area contributed by atoms with Gasteiger partial charge in [0.2, 0.25) is 5.91 Å². The van der Waals surface area contributed by atoms with Gasteiger partial charge in [0, 0.05) is 13.1 Å². The number of rotatable bonds is 4. The van der Waals surface area contributed by atoms with Gasteiger partial charge in [0.1, 0.15) is 6.04 Å². The average molecular weight is 318 g/mol. The monoisotopic (exact) mass is 318 g/mol. The molecular weight excluding hydrogens is 297 g/mol. The zero-order valence-corrected chi connectivity index (χ0v) is 12.4. The summed E-state index contributed by atoms with van der Waals surface area (Å²) in [6, 6.07) is -0.991. The number of likely N-dealkylation sites (tertiary alicyclic amines) is 1. The SMILES string of the molecule is O=C(NCCC1=CCCCC1)C1CCCN1C(=O)C(F)(F)F. The molecular formula is C15H21F3N2O2. The van der Waals surface area contributed by atoms with E-state index in [4.69, 9.17) is 0 Å². The van der Waals surface area contributed by atoms with Crippen LogP contribution in [-0.2, 0) is 9.59 Å². The Morgan fingerprint density at radius 2 is 2.05 bits per heavy atom. The predicted molar refractivity (Wildman–Crippen MR) is 75.0 cm³/mol. The van der Waals surface area contributed by atoms with E-state index < -0.39 is 24.0 Å². The lowest BCUT2D eigenvalue weighted by molar-refractivity contribution is -0.186. The van der Waals surface area contributed by atoms with E-state index in [9.17, 15) is 22.8 Å². The molecule has 0 aromatic heterocycles. The minimum Gasteiger partial charge on any atom is -0.354 e. The van der Waals surface area contributed by atoms with Gasteiger partial charge in [0.25, 0.3) is 0 Å². The topological polar surface area (TPSA) is 49.4 Å². The van der Waals surface area contributed by atoms with Crippen molar-refractivity contribution < 1.29 is 22.8 Å². The quantitative estimate of drug-likeness (QED) is 0.810. The summed E-state index contributed by atoms with van der Waals surface area (Å²) in [6.07, 6.45) is 3.11. The zero-order valence-electron chi connectivity index (χ0n) is 12.4. The van der Waals surface area contributed by atoms with Crippen LogP contribution in [0, 0.1) is 0 Å². The van der Waals surface area contributed by atoms with Crippen molar-refractivity contribution in [3.05, 3.63) is 11.6 Å². The van der Waals surface area contributed by atoms with Crippen LogP contribution in [-0.4, -0.2) is 42.0 Å². The normalized spacial score (nSPS) is 22.4. The van der Waals surface area contributed by atoms with Gasteiger partial charge in [-0.05, 0) is 44.9 Å². The summed E-state index contributed by atoms with van der Waals surface area (Å²) in [7, 11) is 0. The van der Waals surface area contributed by atoms with E-state index in [2.05, 4.69) is 11.4 Å². The molecule has 1 aliphatic carbocycles. The maximum Gasteiger partial charge on any atom is 0.471 e. The van der Waals surface area contributed by atoms with Crippen LogP contribution in [0.5, 0.6) is 0 Å². The molecule has 1 atom stereocenters. The highest BCUT2D eigenvalue weighted by molar-refractivity contribution is 5.90. The van der Waals surface area contributed by atoms with Crippen LogP contribution in [0.15, 0.2) is 11.6 Å². The fourth-order valence-electron chi connectivity index (χ4n) is 3.04. The van der Waals surface area contributed by atoms with Crippen molar-refractivity contribution in [3.63, 3.8) is 0 Å². The summed E-state index contributed by atoms with van der Waals surface area (Å²) in [4.78, 5) is 24.0. The number of halogens is 3. The van der Waals surface area contributed by atoms with Crippen LogP contribution < -0.4 is 5.32 Å². The zero-order chi connectivity index (χ0) is 16.2. The number of hydrogen-bond acceptors (Lipinski definition) is 2. The standard InChI is InChI=1S/C15H21F3N2O2/c16-15(17,18)14(22)20-10-4-7-12(20)13(21)19-9-8-11-5-2-1-3-6-11/h5,12H,1-4,6-10H2,(H,19,21). The Hall–Kier alpha value is -1.53. The van der Waals surface area contributed by atoms with Crippen molar-refractivity contribution in [3.8, 4) is 0 Å². The third-order valence-electron chi connectivity index (χ3n) is 4.19. The molecule has 1 heterocycles. The van der Waals surface area contributed by atoms with Crippen LogP contribution in [0.25, 0.3) is 0 Å². The fourth-order valence-corrected chi connectivity index (χ4v) is 3.04. The van der Waals surface area contributed by atoms with Gasteiger partial charge in [0.15, 0.2) is 0 Å². The van der Waals surface area contributed by atoms with Crippen molar-refractivity contribution in [1.29, 1.82) is 0 Å². The highest BCUT2D eigenvalue weighted by atomic mass is 19.4. The first-order chi connectivity index (χ1) is 10.4. The van der Waals surface area contributed by atoms with E-state index in [1.807, 2.05) is 0 Å². The third-order valence-corrected chi connectivity index (χ3v) is 4.19. The Kier molecular flexibility index (Phi) is 5.47. The highest BCUT2D eigenvalue weighted by Gasteiger charge is 2.47. The molecule has 7 heteroatoms. The van der Waals surface area contributed by atoms with E-state index >= 15 is 0 Å². The maximum absolute atomic E-state index is 12.5. The van der Waals surface area contributed by atoms with E-state index in [0.29, 0.717) is 17.9 Å². The van der Waals surface area contributed by atoms with E-state index in [0.717, 1.165) is 25.7 Å². The van der Waals surface area contributed by atoms with Crippen LogP contribution in [0.3, 0.4) is 0 Å². The molecule has 124 valence electrons. The lowest BCUT2D eigenvalue weighted by Crippen LogP contribution is -2.50. The molecule has 4 nitrogen and oxygen atoms in total. The van der Waals surface area contributed by atoms with Gasteiger partial charge in [-0.15, -0.1) is 0 Å². The highest BCUT2D eigenvalue weighted by Crippen LogP contribution is 2.26. The van der Waals surface area contributed by atoms with Crippen molar-refractivity contribution in [1.82, 2.24) is 10.2 Å². The van der Waals surface area contributed by atoms with Gasteiger partial charge in [-0.3, -0.25) is 9.59 Å². The van der Waals surface area contributed by atoms with Crippen molar-refractivity contribution in [2.24, 2.45) is 0 Å². The molecule has 0 aromatic rings. The molecule has 0 bridgehead atoms.